The van der Waals surface area contributed by atoms with Gasteiger partial charge in [-0.05, 0) is 23.6 Å². The van der Waals surface area contributed by atoms with E-state index in [-0.39, 0.29) is 5.78 Å². The zero-order valence-electron chi connectivity index (χ0n) is 11.1. The maximum atomic E-state index is 10.8. The molecule has 0 fully saturated rings. The third kappa shape index (κ3) is 4.34. The molecule has 0 spiro atoms. The van der Waals surface area contributed by atoms with Crippen molar-refractivity contribution in [3.63, 3.8) is 0 Å². The maximum absolute atomic E-state index is 10.8. The highest BCUT2D eigenvalue weighted by Gasteiger charge is 1.98. The Kier molecular flexibility index (Phi) is 4.87. The Labute approximate surface area is 114 Å². The third-order valence-electron chi connectivity index (χ3n) is 2.93. The second-order valence-electron chi connectivity index (χ2n) is 4.57. The quantitative estimate of drug-likeness (QED) is 0.732. The van der Waals surface area contributed by atoms with E-state index in [1.54, 1.807) is 6.92 Å². The summed E-state index contributed by atoms with van der Waals surface area (Å²) < 4.78 is 5.46. The number of ketones is 1. The van der Waals surface area contributed by atoms with Crippen LogP contribution in [0, 0.1) is 0 Å². The van der Waals surface area contributed by atoms with E-state index >= 15 is 0 Å². The van der Waals surface area contributed by atoms with Crippen molar-refractivity contribution in [2.45, 2.75) is 20.0 Å². The van der Waals surface area contributed by atoms with Crippen molar-refractivity contribution in [1.29, 1.82) is 0 Å². The second-order valence-corrected chi connectivity index (χ2v) is 4.57. The normalized spacial score (nSPS) is 10.4. The summed E-state index contributed by atoms with van der Waals surface area (Å²) in [5.41, 5.74) is 3.54. The third-order valence-corrected chi connectivity index (χ3v) is 2.93. The molecule has 98 valence electrons. The van der Waals surface area contributed by atoms with Gasteiger partial charge in [-0.15, -0.1) is 0 Å². The van der Waals surface area contributed by atoms with Crippen LogP contribution in [0.5, 0.6) is 0 Å². The Morgan fingerprint density at radius 1 is 0.947 bits per heavy atom. The molecule has 0 aliphatic carbocycles. The van der Waals surface area contributed by atoms with Crippen molar-refractivity contribution >= 4 is 5.78 Å². The molecule has 0 radical (unpaired) electrons. The average molecular weight is 254 g/mol. The number of hydrogen-bond acceptors (Lipinski definition) is 2. The van der Waals surface area contributed by atoms with E-state index in [9.17, 15) is 4.79 Å². The van der Waals surface area contributed by atoms with Gasteiger partial charge in [-0.1, -0.05) is 54.6 Å². The number of benzene rings is 2. The molecule has 0 atom stereocenters. The number of Topliss-reactive ketones (excluding diaryl/α,β-unsaturated/α-hetero) is 1. The smallest absolute Gasteiger partial charge is 0.132 e. The van der Waals surface area contributed by atoms with E-state index in [0.29, 0.717) is 19.6 Å². The van der Waals surface area contributed by atoms with Crippen molar-refractivity contribution in [2.75, 3.05) is 6.61 Å². The molecule has 0 saturated carbocycles. The lowest BCUT2D eigenvalue weighted by atomic mass is 10.0. The molecular formula is C17H18O2. The summed E-state index contributed by atoms with van der Waals surface area (Å²) in [7, 11) is 0. The van der Waals surface area contributed by atoms with Crippen molar-refractivity contribution in [3.8, 4) is 11.1 Å². The minimum Gasteiger partial charge on any atom is -0.376 e. The molecule has 0 amide bonds. The largest absolute Gasteiger partial charge is 0.376 e. The molecule has 2 nitrogen and oxygen atoms in total. The van der Waals surface area contributed by atoms with Crippen LogP contribution < -0.4 is 0 Å². The van der Waals surface area contributed by atoms with Gasteiger partial charge in [-0.2, -0.15) is 0 Å². The van der Waals surface area contributed by atoms with Gasteiger partial charge in [0.05, 0.1) is 13.2 Å². The fourth-order valence-electron chi connectivity index (χ4n) is 1.83. The van der Waals surface area contributed by atoms with Crippen LogP contribution in [-0.2, 0) is 16.1 Å². The minimum absolute atomic E-state index is 0.166. The molecule has 0 heterocycles. The van der Waals surface area contributed by atoms with Crippen LogP contribution in [0.1, 0.15) is 18.9 Å². The van der Waals surface area contributed by atoms with E-state index in [4.69, 9.17) is 4.74 Å². The van der Waals surface area contributed by atoms with Gasteiger partial charge in [0.25, 0.3) is 0 Å². The van der Waals surface area contributed by atoms with Gasteiger partial charge >= 0.3 is 0 Å². The van der Waals surface area contributed by atoms with Crippen LogP contribution in [0.3, 0.4) is 0 Å². The number of carbonyl (C=O) groups excluding carboxylic acids is 1. The van der Waals surface area contributed by atoms with Gasteiger partial charge < -0.3 is 4.74 Å². The molecule has 2 aromatic rings. The highest BCUT2D eigenvalue weighted by Crippen LogP contribution is 2.19. The van der Waals surface area contributed by atoms with Gasteiger partial charge in [0.1, 0.15) is 5.78 Å². The summed E-state index contributed by atoms with van der Waals surface area (Å²) in [6.07, 6.45) is 0.488. The molecular weight excluding hydrogens is 236 g/mol. The predicted molar refractivity (Wildman–Crippen MR) is 76.8 cm³/mol. The first-order valence-corrected chi connectivity index (χ1v) is 6.47. The summed E-state index contributed by atoms with van der Waals surface area (Å²) in [5, 5.41) is 0. The SMILES string of the molecule is CC(=O)CCOCc1ccc(-c2ccccc2)cc1. The number of ether oxygens (including phenoxy) is 1. The van der Waals surface area contributed by atoms with Gasteiger partial charge in [0.15, 0.2) is 0 Å². The lowest BCUT2D eigenvalue weighted by molar-refractivity contribution is -0.118. The molecule has 2 rings (SSSR count). The van der Waals surface area contributed by atoms with E-state index in [1.165, 1.54) is 11.1 Å². The van der Waals surface area contributed by atoms with E-state index in [2.05, 4.69) is 36.4 Å². The molecule has 0 N–H and O–H groups in total. The summed E-state index contributed by atoms with van der Waals surface area (Å²) in [6, 6.07) is 18.6. The molecule has 0 aliphatic rings. The van der Waals surface area contributed by atoms with Crippen LogP contribution in [0.25, 0.3) is 11.1 Å². The van der Waals surface area contributed by atoms with Gasteiger partial charge in [-0.25, -0.2) is 0 Å². The Morgan fingerprint density at radius 2 is 1.58 bits per heavy atom. The second kappa shape index (κ2) is 6.86. The first kappa shape index (κ1) is 13.5. The lowest BCUT2D eigenvalue weighted by Gasteiger charge is -2.05. The Balaban J connectivity index is 1.90. The van der Waals surface area contributed by atoms with Gasteiger partial charge in [0.2, 0.25) is 0 Å². The molecule has 0 saturated heterocycles. The fraction of sp³-hybridized carbons (Fsp3) is 0.235. The lowest BCUT2D eigenvalue weighted by Crippen LogP contribution is -2.00. The molecule has 0 aliphatic heterocycles. The van der Waals surface area contributed by atoms with Crippen LogP contribution >= 0.6 is 0 Å². The first-order valence-electron chi connectivity index (χ1n) is 6.47. The van der Waals surface area contributed by atoms with Crippen LogP contribution in [-0.4, -0.2) is 12.4 Å². The van der Waals surface area contributed by atoms with Crippen molar-refractivity contribution in [1.82, 2.24) is 0 Å². The highest BCUT2D eigenvalue weighted by molar-refractivity contribution is 5.75. The fourth-order valence-corrected chi connectivity index (χ4v) is 1.83. The van der Waals surface area contributed by atoms with Gasteiger partial charge in [-0.3, -0.25) is 4.79 Å². The standard InChI is InChI=1S/C17H18O2/c1-14(18)11-12-19-13-15-7-9-17(10-8-15)16-5-3-2-4-6-16/h2-10H,11-13H2,1H3. The molecule has 2 heteroatoms. The number of hydrogen-bond donors (Lipinski definition) is 0. The number of rotatable bonds is 6. The van der Waals surface area contributed by atoms with E-state index in [0.717, 1.165) is 5.56 Å². The summed E-state index contributed by atoms with van der Waals surface area (Å²) >= 11 is 0. The Hall–Kier alpha value is -1.93. The first-order chi connectivity index (χ1) is 9.25. The minimum atomic E-state index is 0.166. The molecule has 2 aromatic carbocycles. The monoisotopic (exact) mass is 254 g/mol. The topological polar surface area (TPSA) is 26.3 Å². The number of carbonyl (C=O) groups is 1. The van der Waals surface area contributed by atoms with Crippen LogP contribution in [0.4, 0.5) is 0 Å². The summed E-state index contributed by atoms with van der Waals surface area (Å²) in [6.45, 7) is 2.64. The van der Waals surface area contributed by atoms with Crippen molar-refractivity contribution < 1.29 is 9.53 Å². The molecule has 0 unspecified atom stereocenters. The summed E-state index contributed by atoms with van der Waals surface area (Å²) in [5.74, 6) is 0.166. The average Bonchev–Trinajstić information content (AvgIpc) is 2.45. The van der Waals surface area contributed by atoms with Crippen LogP contribution in [0.2, 0.25) is 0 Å². The maximum Gasteiger partial charge on any atom is 0.132 e. The van der Waals surface area contributed by atoms with Crippen LogP contribution in [0.15, 0.2) is 54.6 Å². The molecule has 0 aromatic heterocycles. The highest BCUT2D eigenvalue weighted by atomic mass is 16.5. The van der Waals surface area contributed by atoms with Gasteiger partial charge in [0, 0.05) is 6.42 Å². The van der Waals surface area contributed by atoms with Crippen molar-refractivity contribution in [3.05, 3.63) is 60.2 Å². The summed E-state index contributed by atoms with van der Waals surface area (Å²) in [4.78, 5) is 10.8. The zero-order chi connectivity index (χ0) is 13.5. The Morgan fingerprint density at radius 3 is 2.21 bits per heavy atom. The van der Waals surface area contributed by atoms with E-state index in [1.807, 2.05) is 18.2 Å². The van der Waals surface area contributed by atoms with E-state index < -0.39 is 0 Å². The Bertz CT molecular complexity index is 515. The van der Waals surface area contributed by atoms with Crippen molar-refractivity contribution in [2.24, 2.45) is 0 Å². The zero-order valence-corrected chi connectivity index (χ0v) is 11.1. The predicted octanol–water partition coefficient (Wildman–Crippen LogP) is 3.85. The molecule has 19 heavy (non-hydrogen) atoms. The molecule has 0 bridgehead atoms.